The number of rotatable bonds is 5. The Hall–Kier alpha value is -0.250. The summed E-state index contributed by atoms with van der Waals surface area (Å²) in [4.78, 5) is 1.83. The van der Waals surface area contributed by atoms with E-state index in [0.29, 0.717) is 0 Å². The Morgan fingerprint density at radius 1 is 1.12 bits per heavy atom. The van der Waals surface area contributed by atoms with Gasteiger partial charge in [0.15, 0.2) is 0 Å². The number of hydrogen-bond donors (Lipinski definition) is 0. The summed E-state index contributed by atoms with van der Waals surface area (Å²) in [5.41, 5.74) is 0.160. The lowest BCUT2D eigenvalue weighted by Gasteiger charge is -2.32. The van der Waals surface area contributed by atoms with Gasteiger partial charge in [-0.15, -0.1) is 0 Å². The van der Waals surface area contributed by atoms with Crippen LogP contribution in [0.1, 0.15) is 47.0 Å². The van der Waals surface area contributed by atoms with Crippen LogP contribution in [0.15, 0.2) is 0 Å². The standard InChI is InChI=1S/C12H24F3N/c1-6-10(9-11(2,3)4)16(5)8-7-12(13,14)15/h10H,6-9H2,1-5H3. The first-order valence-corrected chi connectivity index (χ1v) is 5.82. The molecular formula is C12H24F3N. The number of nitrogens with zero attached hydrogens (tertiary/aromatic N) is 1. The lowest BCUT2D eigenvalue weighted by atomic mass is 9.86. The van der Waals surface area contributed by atoms with E-state index in [1.165, 1.54) is 0 Å². The molecule has 0 heterocycles. The van der Waals surface area contributed by atoms with Crippen molar-refractivity contribution in [1.29, 1.82) is 0 Å². The Labute approximate surface area is 97.0 Å². The minimum atomic E-state index is -4.05. The van der Waals surface area contributed by atoms with Crippen LogP contribution in [0.3, 0.4) is 0 Å². The minimum Gasteiger partial charge on any atom is -0.303 e. The summed E-state index contributed by atoms with van der Waals surface area (Å²) in [7, 11) is 1.78. The van der Waals surface area contributed by atoms with E-state index >= 15 is 0 Å². The lowest BCUT2D eigenvalue weighted by molar-refractivity contribution is -0.138. The highest BCUT2D eigenvalue weighted by molar-refractivity contribution is 4.75. The molecule has 16 heavy (non-hydrogen) atoms. The summed E-state index contributed by atoms with van der Waals surface area (Å²) >= 11 is 0. The number of halogens is 3. The zero-order chi connectivity index (χ0) is 13.0. The highest BCUT2D eigenvalue weighted by atomic mass is 19.4. The lowest BCUT2D eigenvalue weighted by Crippen LogP contribution is -2.36. The van der Waals surface area contributed by atoms with Gasteiger partial charge >= 0.3 is 6.18 Å². The third kappa shape index (κ3) is 7.97. The molecule has 0 radical (unpaired) electrons. The molecule has 0 N–H and O–H groups in total. The van der Waals surface area contributed by atoms with Crippen molar-refractivity contribution >= 4 is 0 Å². The second-order valence-electron chi connectivity index (χ2n) is 5.67. The molecule has 0 spiro atoms. The van der Waals surface area contributed by atoms with Gasteiger partial charge in [-0.05, 0) is 25.3 Å². The van der Waals surface area contributed by atoms with Gasteiger partial charge < -0.3 is 4.90 Å². The molecule has 0 aliphatic heterocycles. The van der Waals surface area contributed by atoms with Gasteiger partial charge in [0.1, 0.15) is 0 Å². The monoisotopic (exact) mass is 239 g/mol. The van der Waals surface area contributed by atoms with E-state index in [4.69, 9.17) is 0 Å². The molecule has 4 heteroatoms. The van der Waals surface area contributed by atoms with Crippen molar-refractivity contribution in [3.8, 4) is 0 Å². The molecule has 0 rings (SSSR count). The first-order chi connectivity index (χ1) is 7.05. The van der Waals surface area contributed by atoms with Crippen LogP contribution < -0.4 is 0 Å². The van der Waals surface area contributed by atoms with Crippen molar-refractivity contribution < 1.29 is 13.2 Å². The van der Waals surface area contributed by atoms with E-state index in [9.17, 15) is 13.2 Å². The quantitative estimate of drug-likeness (QED) is 0.698. The Balaban J connectivity index is 4.16. The Bertz CT molecular complexity index is 193. The predicted octanol–water partition coefficient (Wildman–Crippen LogP) is 4.09. The summed E-state index contributed by atoms with van der Waals surface area (Å²) in [5, 5.41) is 0. The third-order valence-electron chi connectivity index (χ3n) is 2.69. The largest absolute Gasteiger partial charge is 0.390 e. The van der Waals surface area contributed by atoms with Crippen molar-refractivity contribution in [3.05, 3.63) is 0 Å². The third-order valence-corrected chi connectivity index (χ3v) is 2.69. The van der Waals surface area contributed by atoms with Crippen molar-refractivity contribution in [2.24, 2.45) is 5.41 Å². The van der Waals surface area contributed by atoms with Crippen LogP contribution in [0.2, 0.25) is 0 Å². The van der Waals surface area contributed by atoms with Crippen LogP contribution in [-0.2, 0) is 0 Å². The van der Waals surface area contributed by atoms with Crippen molar-refractivity contribution in [2.75, 3.05) is 13.6 Å². The second-order valence-corrected chi connectivity index (χ2v) is 5.67. The van der Waals surface area contributed by atoms with Gasteiger partial charge in [-0.2, -0.15) is 13.2 Å². The van der Waals surface area contributed by atoms with Gasteiger partial charge in [0.2, 0.25) is 0 Å². The Morgan fingerprint density at radius 3 is 1.94 bits per heavy atom. The first-order valence-electron chi connectivity index (χ1n) is 5.82. The van der Waals surface area contributed by atoms with E-state index in [2.05, 4.69) is 20.8 Å². The van der Waals surface area contributed by atoms with Gasteiger partial charge in [-0.3, -0.25) is 0 Å². The zero-order valence-electron chi connectivity index (χ0n) is 11.0. The molecule has 0 amide bonds. The van der Waals surface area contributed by atoms with Crippen LogP contribution in [0.25, 0.3) is 0 Å². The normalized spacial score (nSPS) is 15.6. The number of hydrogen-bond acceptors (Lipinski definition) is 1. The molecule has 0 saturated carbocycles. The molecule has 1 atom stereocenters. The molecule has 1 nitrogen and oxygen atoms in total. The van der Waals surface area contributed by atoms with E-state index in [0.717, 1.165) is 12.8 Å². The maximum atomic E-state index is 12.1. The smallest absolute Gasteiger partial charge is 0.303 e. The summed E-state index contributed by atoms with van der Waals surface area (Å²) in [6.45, 7) is 8.48. The molecule has 0 aromatic carbocycles. The molecule has 1 unspecified atom stereocenters. The molecular weight excluding hydrogens is 215 g/mol. The van der Waals surface area contributed by atoms with E-state index in [-0.39, 0.29) is 18.0 Å². The second kappa shape index (κ2) is 5.89. The molecule has 0 bridgehead atoms. The van der Waals surface area contributed by atoms with Gasteiger partial charge in [0.25, 0.3) is 0 Å². The SMILES string of the molecule is CCC(CC(C)(C)C)N(C)CCC(F)(F)F. The van der Waals surface area contributed by atoms with Crippen LogP contribution in [0.5, 0.6) is 0 Å². The average Bonchev–Trinajstić information content (AvgIpc) is 2.07. The van der Waals surface area contributed by atoms with Crippen LogP contribution in [-0.4, -0.2) is 30.7 Å². The molecule has 98 valence electrons. The van der Waals surface area contributed by atoms with Gasteiger partial charge in [-0.1, -0.05) is 27.7 Å². The molecule has 0 aromatic rings. The van der Waals surface area contributed by atoms with Gasteiger partial charge in [0.05, 0.1) is 6.42 Å². The van der Waals surface area contributed by atoms with Crippen molar-refractivity contribution in [3.63, 3.8) is 0 Å². The maximum Gasteiger partial charge on any atom is 0.390 e. The van der Waals surface area contributed by atoms with E-state index in [1.807, 2.05) is 11.8 Å². The molecule has 0 aliphatic carbocycles. The average molecular weight is 239 g/mol. The van der Waals surface area contributed by atoms with Gasteiger partial charge in [0, 0.05) is 12.6 Å². The summed E-state index contributed by atoms with van der Waals surface area (Å²) < 4.78 is 36.3. The van der Waals surface area contributed by atoms with Crippen LogP contribution in [0, 0.1) is 5.41 Å². The molecule has 0 aromatic heterocycles. The first kappa shape index (κ1) is 15.8. The van der Waals surface area contributed by atoms with E-state index in [1.54, 1.807) is 7.05 Å². The molecule has 0 aliphatic rings. The van der Waals surface area contributed by atoms with E-state index < -0.39 is 12.6 Å². The molecule has 0 saturated heterocycles. The highest BCUT2D eigenvalue weighted by Gasteiger charge is 2.29. The number of alkyl halides is 3. The fourth-order valence-electron chi connectivity index (χ4n) is 1.80. The Morgan fingerprint density at radius 2 is 1.62 bits per heavy atom. The Kier molecular flexibility index (Phi) is 5.80. The topological polar surface area (TPSA) is 3.24 Å². The summed E-state index contributed by atoms with van der Waals surface area (Å²) in [6.07, 6.45) is -2.94. The minimum absolute atomic E-state index is 0.0953. The van der Waals surface area contributed by atoms with Crippen molar-refractivity contribution in [2.45, 2.75) is 59.2 Å². The summed E-state index contributed by atoms with van der Waals surface area (Å²) in [6, 6.07) is 0.238. The van der Waals surface area contributed by atoms with Gasteiger partial charge in [-0.25, -0.2) is 0 Å². The van der Waals surface area contributed by atoms with Crippen molar-refractivity contribution in [1.82, 2.24) is 4.90 Å². The molecule has 0 fully saturated rings. The zero-order valence-corrected chi connectivity index (χ0v) is 11.0. The maximum absolute atomic E-state index is 12.1. The summed E-state index contributed by atoms with van der Waals surface area (Å²) in [5.74, 6) is 0. The van der Waals surface area contributed by atoms with Crippen LogP contribution >= 0.6 is 0 Å². The van der Waals surface area contributed by atoms with Crippen LogP contribution in [0.4, 0.5) is 13.2 Å². The predicted molar refractivity (Wildman–Crippen MR) is 61.5 cm³/mol. The fraction of sp³-hybridized carbons (Fsp3) is 1.00. The fourth-order valence-corrected chi connectivity index (χ4v) is 1.80. The highest BCUT2D eigenvalue weighted by Crippen LogP contribution is 2.26.